The molecule has 0 unspecified atom stereocenters. The van der Waals surface area contributed by atoms with Gasteiger partial charge in [0.2, 0.25) is 5.69 Å². The van der Waals surface area contributed by atoms with Gasteiger partial charge in [-0.15, -0.1) is 0 Å². The molecule has 0 radical (unpaired) electrons. The fourth-order valence-corrected chi connectivity index (χ4v) is 4.00. The molecule has 0 saturated carbocycles. The van der Waals surface area contributed by atoms with Crippen molar-refractivity contribution in [3.05, 3.63) is 77.5 Å². The van der Waals surface area contributed by atoms with Crippen molar-refractivity contribution in [2.75, 3.05) is 0 Å². The molecule has 0 bridgehead atoms. The number of hydrogen-bond acceptors (Lipinski definition) is 1. The van der Waals surface area contributed by atoms with Gasteiger partial charge in [-0.1, -0.05) is 18.2 Å². The molecule has 0 fully saturated rings. The lowest BCUT2D eigenvalue weighted by Crippen LogP contribution is -2.31. The van der Waals surface area contributed by atoms with Gasteiger partial charge in [0.05, 0.1) is 16.6 Å². The van der Waals surface area contributed by atoms with Crippen molar-refractivity contribution in [1.82, 2.24) is 9.55 Å². The Hall–Kier alpha value is -2.94. The van der Waals surface area contributed by atoms with Crippen LogP contribution in [-0.2, 0) is 13.5 Å². The van der Waals surface area contributed by atoms with E-state index in [-0.39, 0.29) is 0 Å². The van der Waals surface area contributed by atoms with Gasteiger partial charge >= 0.3 is 0 Å². The average molecular weight is 329 g/mol. The molecule has 2 aromatic heterocycles. The predicted molar refractivity (Wildman–Crippen MR) is 100.0 cm³/mol. The summed E-state index contributed by atoms with van der Waals surface area (Å²) in [5, 5.41) is 2.25. The van der Waals surface area contributed by atoms with E-state index in [2.05, 4.69) is 27.8 Å². The van der Waals surface area contributed by atoms with E-state index in [1.165, 1.54) is 0 Å². The Kier molecular flexibility index (Phi) is 2.33. The number of fused-ring (bicyclic) bond motifs is 4. The van der Waals surface area contributed by atoms with Gasteiger partial charge in [0.25, 0.3) is 0 Å². The van der Waals surface area contributed by atoms with E-state index in [1.54, 1.807) is 6.20 Å². The van der Waals surface area contributed by atoms with Crippen molar-refractivity contribution in [3.8, 4) is 16.9 Å². The zero-order valence-corrected chi connectivity index (χ0v) is 14.2. The smallest absolute Gasteiger partial charge is 0.220 e. The van der Waals surface area contributed by atoms with Gasteiger partial charge in [-0.2, -0.15) is 0 Å². The Morgan fingerprint density at radius 1 is 1.24 bits per heavy atom. The van der Waals surface area contributed by atoms with Gasteiger partial charge in [-0.05, 0) is 48.0 Å². The topological polar surface area (TPSA) is 21.7 Å². The highest BCUT2D eigenvalue weighted by atomic mass is 15.1. The van der Waals surface area contributed by atoms with Gasteiger partial charge in [0, 0.05) is 29.0 Å². The minimum Gasteiger partial charge on any atom is -0.303 e. The van der Waals surface area contributed by atoms with E-state index in [0.29, 0.717) is 12.0 Å². The Bertz CT molecular complexity index is 1250. The molecule has 0 atom stereocenters. The van der Waals surface area contributed by atoms with Crippen molar-refractivity contribution >= 4 is 10.8 Å². The minimum atomic E-state index is -2.18. The van der Waals surface area contributed by atoms with Crippen LogP contribution in [0, 0.1) is 13.8 Å². The first-order valence-electron chi connectivity index (χ1n) is 9.93. The number of rotatable bonds is 1. The molecule has 25 heavy (non-hydrogen) atoms. The molecule has 0 amide bonds. The predicted octanol–water partition coefficient (Wildman–Crippen LogP) is 4.04. The number of pyridine rings is 1. The third kappa shape index (κ3) is 1.92. The molecule has 4 aromatic rings. The first-order valence-corrected chi connectivity index (χ1v) is 8.43. The normalized spacial score (nSPS) is 14.7. The maximum atomic E-state index is 8.10. The van der Waals surface area contributed by atoms with Crippen LogP contribution >= 0.6 is 0 Å². The second kappa shape index (κ2) is 5.03. The average Bonchev–Trinajstić information content (AvgIpc) is 3.22. The molecule has 122 valence electrons. The quantitative estimate of drug-likeness (QED) is 0.425. The molecule has 0 saturated heterocycles. The Labute approximate surface area is 151 Å². The summed E-state index contributed by atoms with van der Waals surface area (Å²) in [7, 11) is 2.02. The first-order chi connectivity index (χ1) is 13.4. The molecule has 1 aliphatic heterocycles. The maximum Gasteiger partial charge on any atom is 0.220 e. The fourth-order valence-electron chi connectivity index (χ4n) is 4.00. The molecule has 1 aliphatic rings. The summed E-state index contributed by atoms with van der Waals surface area (Å²) in [5.74, 6) is 0.946. The largest absolute Gasteiger partial charge is 0.303 e. The Morgan fingerprint density at radius 2 is 2.12 bits per heavy atom. The van der Waals surface area contributed by atoms with E-state index >= 15 is 0 Å². The molecular formula is C22H20N3+. The summed E-state index contributed by atoms with van der Waals surface area (Å²) in [6.45, 7) is -0.249. The van der Waals surface area contributed by atoms with Crippen molar-refractivity contribution in [3.63, 3.8) is 0 Å². The molecule has 3 nitrogen and oxygen atoms in total. The highest BCUT2D eigenvalue weighted by molar-refractivity contribution is 5.95. The molecule has 0 aliphatic carbocycles. The first kappa shape index (κ1) is 11.6. The van der Waals surface area contributed by atoms with E-state index in [1.807, 2.05) is 49.1 Å². The minimum absolute atomic E-state index is 0.399. The SMILES string of the molecule is [2H]C([2H])([2H])c1cc2c(c(-c3c4ccccc4cc[n+]3C)c1C)Cc1nccn1-2. The summed E-state index contributed by atoms with van der Waals surface area (Å²) >= 11 is 0. The third-order valence-electron chi connectivity index (χ3n) is 5.27. The number of aryl methyl sites for hydroxylation is 2. The number of benzene rings is 2. The van der Waals surface area contributed by atoms with Crippen molar-refractivity contribution in [2.45, 2.75) is 20.2 Å². The molecule has 5 rings (SSSR count). The van der Waals surface area contributed by atoms with Crippen LogP contribution in [0.1, 0.15) is 26.6 Å². The second-order valence-corrected chi connectivity index (χ2v) is 6.67. The summed E-state index contributed by atoms with van der Waals surface area (Å²) in [4.78, 5) is 4.47. The van der Waals surface area contributed by atoms with Gasteiger partial charge in [0.1, 0.15) is 12.9 Å². The van der Waals surface area contributed by atoms with E-state index in [9.17, 15) is 0 Å². The third-order valence-corrected chi connectivity index (χ3v) is 5.27. The highest BCUT2D eigenvalue weighted by Gasteiger charge is 2.29. The highest BCUT2D eigenvalue weighted by Crippen LogP contribution is 2.39. The van der Waals surface area contributed by atoms with Crippen LogP contribution < -0.4 is 4.57 Å². The number of nitrogens with zero attached hydrogens (tertiary/aromatic N) is 3. The van der Waals surface area contributed by atoms with Crippen LogP contribution in [0.4, 0.5) is 0 Å². The second-order valence-electron chi connectivity index (χ2n) is 6.67. The van der Waals surface area contributed by atoms with Crippen LogP contribution in [0.2, 0.25) is 0 Å². The van der Waals surface area contributed by atoms with Gasteiger partial charge in [-0.3, -0.25) is 0 Å². The summed E-state index contributed by atoms with van der Waals surface area (Å²) in [5.41, 5.74) is 5.33. The van der Waals surface area contributed by atoms with E-state index in [0.717, 1.165) is 44.7 Å². The van der Waals surface area contributed by atoms with Crippen molar-refractivity contribution < 1.29 is 8.68 Å². The molecule has 0 spiro atoms. The van der Waals surface area contributed by atoms with Gasteiger partial charge in [0.15, 0.2) is 6.20 Å². The molecule has 3 heterocycles. The summed E-state index contributed by atoms with van der Waals surface area (Å²) < 4.78 is 28.4. The Morgan fingerprint density at radius 3 is 3.00 bits per heavy atom. The lowest BCUT2D eigenvalue weighted by Gasteiger charge is -2.15. The van der Waals surface area contributed by atoms with Crippen molar-refractivity contribution in [2.24, 2.45) is 7.05 Å². The summed E-state index contributed by atoms with van der Waals surface area (Å²) in [6.07, 6.45) is 6.42. The van der Waals surface area contributed by atoms with Gasteiger partial charge < -0.3 is 4.57 Å². The molecule has 3 heteroatoms. The number of hydrogen-bond donors (Lipinski definition) is 0. The van der Waals surface area contributed by atoms with E-state index < -0.39 is 6.85 Å². The maximum absolute atomic E-state index is 8.10. The van der Waals surface area contributed by atoms with Crippen LogP contribution in [0.15, 0.2) is 55.0 Å². The molecule has 2 aromatic carbocycles. The van der Waals surface area contributed by atoms with Crippen LogP contribution in [0.25, 0.3) is 27.7 Å². The molecular weight excluding hydrogens is 306 g/mol. The monoisotopic (exact) mass is 329 g/mol. The fraction of sp³-hybridized carbons (Fsp3) is 0.182. The van der Waals surface area contributed by atoms with Crippen LogP contribution in [-0.4, -0.2) is 9.55 Å². The van der Waals surface area contributed by atoms with Crippen LogP contribution in [0.3, 0.4) is 0 Å². The lowest BCUT2D eigenvalue weighted by molar-refractivity contribution is -0.659. The van der Waals surface area contributed by atoms with Crippen LogP contribution in [0.5, 0.6) is 0 Å². The van der Waals surface area contributed by atoms with Gasteiger partial charge in [-0.25, -0.2) is 9.55 Å². The zero-order chi connectivity index (χ0) is 19.6. The lowest BCUT2D eigenvalue weighted by atomic mass is 9.90. The molecule has 0 N–H and O–H groups in total. The zero-order valence-electron chi connectivity index (χ0n) is 17.2. The standard InChI is InChI=1S/C22H20N3/c1-14-12-19-18(13-20-23-9-11-25(19)20)21(15(14)2)22-17-7-5-4-6-16(17)8-10-24(22)3/h4-12H,13H2,1-3H3/q+1/i1D3. The Balaban J connectivity index is 1.94. The van der Waals surface area contributed by atoms with E-state index in [4.69, 9.17) is 4.11 Å². The van der Waals surface area contributed by atoms with Crippen molar-refractivity contribution in [1.29, 1.82) is 0 Å². The summed E-state index contributed by atoms with van der Waals surface area (Å²) in [6, 6.07) is 12.2. The number of imidazole rings is 1. The number of aromatic nitrogens is 3.